The van der Waals surface area contributed by atoms with Gasteiger partial charge in [0.1, 0.15) is 5.75 Å². The third-order valence-corrected chi connectivity index (χ3v) is 6.08. The fourth-order valence-electron chi connectivity index (χ4n) is 3.70. The van der Waals surface area contributed by atoms with Crippen LogP contribution in [0.2, 0.25) is 0 Å². The first-order valence-corrected chi connectivity index (χ1v) is 9.68. The molecule has 1 amide bonds. The van der Waals surface area contributed by atoms with Crippen LogP contribution in [0.1, 0.15) is 39.9 Å². The van der Waals surface area contributed by atoms with Crippen molar-refractivity contribution in [2.75, 3.05) is 19.6 Å². The van der Waals surface area contributed by atoms with Crippen molar-refractivity contribution in [2.24, 2.45) is 5.92 Å². The second kappa shape index (κ2) is 7.17. The molecule has 3 saturated heterocycles. The summed E-state index contributed by atoms with van der Waals surface area (Å²) >= 11 is 1.18. The van der Waals surface area contributed by atoms with Crippen LogP contribution in [0.3, 0.4) is 0 Å². The molecule has 5 rings (SSSR count). The average Bonchev–Trinajstić information content (AvgIpc) is 3.12. The Morgan fingerprint density at radius 3 is 2.69 bits per heavy atom. The highest BCUT2D eigenvalue weighted by Crippen LogP contribution is 2.31. The van der Waals surface area contributed by atoms with Crippen molar-refractivity contribution in [3.05, 3.63) is 41.0 Å². The monoisotopic (exact) mass is 371 g/mol. The van der Waals surface area contributed by atoms with Gasteiger partial charge in [0.2, 0.25) is 5.06 Å². The highest BCUT2D eigenvalue weighted by molar-refractivity contribution is 7.15. The van der Waals surface area contributed by atoms with E-state index in [0.717, 1.165) is 32.5 Å². The molecule has 1 aromatic carbocycles. The van der Waals surface area contributed by atoms with Crippen LogP contribution in [0.15, 0.2) is 30.5 Å². The molecule has 2 aromatic rings. The van der Waals surface area contributed by atoms with Gasteiger partial charge in [0.05, 0.1) is 11.8 Å². The van der Waals surface area contributed by atoms with Crippen LogP contribution in [0.4, 0.5) is 0 Å². The Balaban J connectivity index is 1.49. The van der Waals surface area contributed by atoms with Gasteiger partial charge in [-0.2, -0.15) is 0 Å². The van der Waals surface area contributed by atoms with Crippen molar-refractivity contribution >= 4 is 23.0 Å². The Morgan fingerprint density at radius 1 is 1.27 bits per heavy atom. The number of amides is 1. The zero-order valence-electron chi connectivity index (χ0n) is 14.6. The molecule has 3 aliphatic rings. The molecule has 0 saturated carbocycles. The molecular formula is C19H21N3O3S. The van der Waals surface area contributed by atoms with Crippen molar-refractivity contribution in [3.8, 4) is 10.8 Å². The number of nitrogens with one attached hydrogen (secondary N) is 1. The zero-order chi connectivity index (χ0) is 18.1. The van der Waals surface area contributed by atoms with Gasteiger partial charge in [-0.15, -0.1) is 0 Å². The number of carbonyl (C=O) groups is 2. The number of ether oxygens (including phenoxy) is 1. The molecule has 26 heavy (non-hydrogen) atoms. The summed E-state index contributed by atoms with van der Waals surface area (Å²) < 4.78 is 5.85. The number of piperidine rings is 3. The lowest BCUT2D eigenvalue weighted by Crippen LogP contribution is -2.57. The first-order chi connectivity index (χ1) is 12.6. The summed E-state index contributed by atoms with van der Waals surface area (Å²) in [6.07, 6.45) is 3.82. The topological polar surface area (TPSA) is 71.5 Å². The molecule has 2 bridgehead atoms. The van der Waals surface area contributed by atoms with Crippen LogP contribution < -0.4 is 10.1 Å². The lowest BCUT2D eigenvalue weighted by atomic mass is 9.84. The number of benzene rings is 1. The summed E-state index contributed by atoms with van der Waals surface area (Å²) in [5, 5.41) is 4.09. The van der Waals surface area contributed by atoms with Gasteiger partial charge in [-0.05, 0) is 44.0 Å². The molecule has 0 aliphatic carbocycles. The molecule has 0 spiro atoms. The number of ketones is 1. The molecule has 7 heteroatoms. The standard InChI is InChI=1S/C19H21N3O3S/c1-12(23)19-20-10-17(26-19)25-16-5-3-2-4-14(16)18(24)21-15-11-22-8-6-13(15)7-9-22/h2-5,10,13,15H,6-9,11H2,1H3,(H,21,24)/t15-/m0/s1. The number of hydrogen-bond donors (Lipinski definition) is 1. The normalized spacial score (nSPS) is 24.3. The Labute approximate surface area is 156 Å². The van der Waals surface area contributed by atoms with Crippen molar-refractivity contribution in [1.29, 1.82) is 0 Å². The number of carbonyl (C=O) groups excluding carboxylic acids is 2. The molecule has 0 radical (unpaired) electrons. The summed E-state index contributed by atoms with van der Waals surface area (Å²) in [5.41, 5.74) is 0.502. The maximum atomic E-state index is 12.8. The van der Waals surface area contributed by atoms with Gasteiger partial charge in [0, 0.05) is 19.5 Å². The van der Waals surface area contributed by atoms with E-state index in [2.05, 4.69) is 15.2 Å². The van der Waals surface area contributed by atoms with E-state index in [-0.39, 0.29) is 17.7 Å². The Hall–Kier alpha value is -2.25. The van der Waals surface area contributed by atoms with Crippen LogP contribution >= 0.6 is 11.3 Å². The molecular weight excluding hydrogens is 350 g/mol. The predicted molar refractivity (Wildman–Crippen MR) is 99.1 cm³/mol. The van der Waals surface area contributed by atoms with Crippen molar-refractivity contribution in [3.63, 3.8) is 0 Å². The molecule has 0 unspecified atom stereocenters. The SMILES string of the molecule is CC(=O)c1ncc(Oc2ccccc2C(=O)N[C@H]2CN3CCC2CC3)s1. The number of aromatic nitrogens is 1. The number of thiazole rings is 1. The number of Topliss-reactive ketones (excluding diaryl/α,β-unsaturated/α-hetero) is 1. The minimum atomic E-state index is -0.115. The van der Waals surface area contributed by atoms with Crippen LogP contribution in [0.25, 0.3) is 0 Å². The van der Waals surface area contributed by atoms with Crippen LogP contribution in [0, 0.1) is 5.92 Å². The van der Waals surface area contributed by atoms with Gasteiger partial charge in [0.15, 0.2) is 10.8 Å². The van der Waals surface area contributed by atoms with Gasteiger partial charge >= 0.3 is 0 Å². The quantitative estimate of drug-likeness (QED) is 0.818. The van der Waals surface area contributed by atoms with Crippen LogP contribution in [-0.4, -0.2) is 47.3 Å². The first-order valence-electron chi connectivity index (χ1n) is 8.87. The fourth-order valence-corrected chi connectivity index (χ4v) is 4.37. The molecule has 1 aromatic heterocycles. The number of para-hydroxylation sites is 1. The molecule has 1 atom stereocenters. The van der Waals surface area contributed by atoms with E-state index in [1.54, 1.807) is 12.1 Å². The third-order valence-electron chi connectivity index (χ3n) is 5.10. The lowest BCUT2D eigenvalue weighted by molar-refractivity contribution is 0.0619. The summed E-state index contributed by atoms with van der Waals surface area (Å²) in [5.74, 6) is 0.829. The van der Waals surface area contributed by atoms with Gasteiger partial charge in [-0.3, -0.25) is 9.59 Å². The molecule has 6 nitrogen and oxygen atoms in total. The summed E-state index contributed by atoms with van der Waals surface area (Å²) in [4.78, 5) is 30.7. The predicted octanol–water partition coefficient (Wildman–Crippen LogP) is 2.96. The number of fused-ring (bicyclic) bond motifs is 3. The van der Waals surface area contributed by atoms with E-state index in [9.17, 15) is 9.59 Å². The van der Waals surface area contributed by atoms with Crippen LogP contribution in [0.5, 0.6) is 10.8 Å². The van der Waals surface area contributed by atoms with E-state index in [1.807, 2.05) is 12.1 Å². The number of rotatable bonds is 5. The van der Waals surface area contributed by atoms with E-state index in [0.29, 0.717) is 27.3 Å². The Bertz CT molecular complexity index is 827. The van der Waals surface area contributed by atoms with Gasteiger partial charge in [0.25, 0.3) is 5.91 Å². The highest BCUT2D eigenvalue weighted by atomic mass is 32.1. The number of hydrogen-bond acceptors (Lipinski definition) is 6. The maximum absolute atomic E-state index is 12.8. The highest BCUT2D eigenvalue weighted by Gasteiger charge is 2.35. The first kappa shape index (κ1) is 17.2. The fraction of sp³-hybridized carbons (Fsp3) is 0.421. The second-order valence-corrected chi connectivity index (χ2v) is 7.85. The average molecular weight is 371 g/mol. The van der Waals surface area contributed by atoms with E-state index < -0.39 is 0 Å². The van der Waals surface area contributed by atoms with E-state index in [4.69, 9.17) is 4.74 Å². The van der Waals surface area contributed by atoms with Crippen LogP contribution in [-0.2, 0) is 0 Å². The molecule has 4 heterocycles. The van der Waals surface area contributed by atoms with Gasteiger partial charge in [-0.25, -0.2) is 4.98 Å². The minimum absolute atomic E-state index is 0.0989. The maximum Gasteiger partial charge on any atom is 0.255 e. The summed E-state index contributed by atoms with van der Waals surface area (Å²) in [6.45, 7) is 4.68. The lowest BCUT2D eigenvalue weighted by Gasteiger charge is -2.44. The Morgan fingerprint density at radius 2 is 2.04 bits per heavy atom. The number of nitrogens with zero attached hydrogens (tertiary/aromatic N) is 2. The third kappa shape index (κ3) is 3.50. The summed E-state index contributed by atoms with van der Waals surface area (Å²) in [7, 11) is 0. The van der Waals surface area contributed by atoms with E-state index >= 15 is 0 Å². The van der Waals surface area contributed by atoms with Gasteiger partial charge in [-0.1, -0.05) is 23.5 Å². The van der Waals surface area contributed by atoms with Crippen molar-refractivity contribution in [2.45, 2.75) is 25.8 Å². The zero-order valence-corrected chi connectivity index (χ0v) is 15.4. The minimum Gasteiger partial charge on any atom is -0.444 e. The molecule has 1 N–H and O–H groups in total. The molecule has 3 aliphatic heterocycles. The van der Waals surface area contributed by atoms with Gasteiger partial charge < -0.3 is 15.0 Å². The second-order valence-electron chi connectivity index (χ2n) is 6.86. The van der Waals surface area contributed by atoms with Crippen molar-refractivity contribution in [1.82, 2.24) is 15.2 Å². The molecule has 136 valence electrons. The smallest absolute Gasteiger partial charge is 0.255 e. The summed E-state index contributed by atoms with van der Waals surface area (Å²) in [6, 6.07) is 7.38. The Kier molecular flexibility index (Phi) is 4.74. The van der Waals surface area contributed by atoms with E-state index in [1.165, 1.54) is 24.5 Å². The molecule has 3 fully saturated rings. The largest absolute Gasteiger partial charge is 0.444 e. The van der Waals surface area contributed by atoms with Crippen molar-refractivity contribution < 1.29 is 14.3 Å².